The van der Waals surface area contributed by atoms with E-state index in [-0.39, 0.29) is 6.54 Å². The molecule has 1 N–H and O–H groups in total. The third-order valence-electron chi connectivity index (χ3n) is 5.50. The number of hydrogen-bond donors (Lipinski definition) is 1. The zero-order chi connectivity index (χ0) is 20.9. The summed E-state index contributed by atoms with van der Waals surface area (Å²) < 4.78 is 1.74. The van der Waals surface area contributed by atoms with Crippen molar-refractivity contribution < 1.29 is 9.59 Å². The quantitative estimate of drug-likeness (QED) is 0.654. The molecule has 1 fully saturated rings. The summed E-state index contributed by atoms with van der Waals surface area (Å²) in [6, 6.07) is 17.4. The minimum atomic E-state index is -0.574. The average Bonchev–Trinajstić information content (AvgIpc) is 3.33. The first-order chi connectivity index (χ1) is 14.6. The number of rotatable bonds is 4. The predicted octanol–water partition coefficient (Wildman–Crippen LogP) is 3.55. The second-order valence-corrected chi connectivity index (χ2v) is 7.82. The van der Waals surface area contributed by atoms with Crippen LogP contribution in [0, 0.1) is 0 Å². The van der Waals surface area contributed by atoms with Gasteiger partial charge >= 0.3 is 11.8 Å². The van der Waals surface area contributed by atoms with Gasteiger partial charge in [0.2, 0.25) is 0 Å². The molecule has 6 nitrogen and oxygen atoms in total. The van der Waals surface area contributed by atoms with E-state index in [0.717, 1.165) is 29.1 Å². The summed E-state index contributed by atoms with van der Waals surface area (Å²) >= 11 is 5.96. The fourth-order valence-electron chi connectivity index (χ4n) is 3.84. The number of benzene rings is 2. The highest BCUT2D eigenvalue weighted by Crippen LogP contribution is 2.28. The Morgan fingerprint density at radius 1 is 1.03 bits per heavy atom. The smallest absolute Gasteiger partial charge is 0.311 e. The Hall–Kier alpha value is -3.12. The van der Waals surface area contributed by atoms with Crippen molar-refractivity contribution >= 4 is 23.4 Å². The van der Waals surface area contributed by atoms with E-state index in [2.05, 4.69) is 10.4 Å². The van der Waals surface area contributed by atoms with E-state index in [1.165, 1.54) is 5.56 Å². The number of likely N-dealkylation sites (tertiary alicyclic amines) is 1. The van der Waals surface area contributed by atoms with E-state index < -0.39 is 11.8 Å². The molecule has 154 valence electrons. The summed E-state index contributed by atoms with van der Waals surface area (Å²) in [5.41, 5.74) is 2.99. The molecular weight excluding hydrogens is 400 g/mol. The molecule has 3 aromatic rings. The Kier molecular flexibility index (Phi) is 6.14. The van der Waals surface area contributed by atoms with Crippen LogP contribution >= 0.6 is 11.6 Å². The lowest BCUT2D eigenvalue weighted by Gasteiger charge is -2.31. The molecule has 1 saturated heterocycles. The van der Waals surface area contributed by atoms with Crippen LogP contribution in [0.25, 0.3) is 5.69 Å². The van der Waals surface area contributed by atoms with Gasteiger partial charge in [0.15, 0.2) is 0 Å². The van der Waals surface area contributed by atoms with E-state index >= 15 is 0 Å². The second-order valence-electron chi connectivity index (χ2n) is 7.38. The van der Waals surface area contributed by atoms with Crippen LogP contribution in [-0.4, -0.2) is 39.6 Å². The Morgan fingerprint density at radius 3 is 2.47 bits per heavy atom. The lowest BCUT2D eigenvalue weighted by Crippen LogP contribution is -2.46. The van der Waals surface area contributed by atoms with Gasteiger partial charge < -0.3 is 10.2 Å². The van der Waals surface area contributed by atoms with Crippen molar-refractivity contribution in [3.05, 3.63) is 83.1 Å². The molecule has 2 aromatic carbocycles. The molecule has 30 heavy (non-hydrogen) atoms. The first-order valence-corrected chi connectivity index (χ1v) is 10.4. The fraction of sp³-hybridized carbons (Fsp3) is 0.261. The van der Waals surface area contributed by atoms with Crippen LogP contribution in [0.3, 0.4) is 0 Å². The maximum atomic E-state index is 12.6. The van der Waals surface area contributed by atoms with Crippen LogP contribution in [0.4, 0.5) is 0 Å². The molecule has 4 rings (SSSR count). The number of carbonyl (C=O) groups is 2. The van der Waals surface area contributed by atoms with E-state index in [1.54, 1.807) is 15.8 Å². The minimum absolute atomic E-state index is 0.266. The van der Waals surface area contributed by atoms with Gasteiger partial charge in [0.05, 0.1) is 5.69 Å². The number of carbonyl (C=O) groups excluding carboxylic acids is 2. The van der Waals surface area contributed by atoms with Gasteiger partial charge in [0.1, 0.15) is 0 Å². The Morgan fingerprint density at radius 2 is 1.77 bits per heavy atom. The number of piperidine rings is 1. The third-order valence-corrected chi connectivity index (χ3v) is 5.75. The molecule has 0 radical (unpaired) electrons. The number of halogens is 1. The van der Waals surface area contributed by atoms with Gasteiger partial charge in [-0.15, -0.1) is 0 Å². The number of nitrogens with one attached hydrogen (secondary N) is 1. The number of nitrogens with zero attached hydrogens (tertiary/aromatic N) is 3. The number of hydrogen-bond acceptors (Lipinski definition) is 3. The van der Waals surface area contributed by atoms with Crippen LogP contribution in [-0.2, 0) is 16.1 Å². The molecular formula is C23H23ClN4O2. The summed E-state index contributed by atoms with van der Waals surface area (Å²) in [6.45, 7) is 1.41. The highest BCUT2D eigenvalue weighted by molar-refractivity contribution is 6.35. The monoisotopic (exact) mass is 422 g/mol. The van der Waals surface area contributed by atoms with Gasteiger partial charge in [0.25, 0.3) is 0 Å². The zero-order valence-corrected chi connectivity index (χ0v) is 17.3. The summed E-state index contributed by atoms with van der Waals surface area (Å²) in [5, 5.41) is 7.72. The second kappa shape index (κ2) is 9.13. The van der Waals surface area contributed by atoms with Crippen molar-refractivity contribution in [2.45, 2.75) is 25.3 Å². The molecule has 0 unspecified atom stereocenters. The highest BCUT2D eigenvalue weighted by atomic mass is 35.5. The predicted molar refractivity (Wildman–Crippen MR) is 115 cm³/mol. The Labute approximate surface area is 180 Å². The summed E-state index contributed by atoms with van der Waals surface area (Å²) in [6.07, 6.45) is 5.22. The van der Waals surface area contributed by atoms with Crippen molar-refractivity contribution in [1.82, 2.24) is 20.0 Å². The molecule has 0 saturated carbocycles. The van der Waals surface area contributed by atoms with E-state index in [0.29, 0.717) is 19.0 Å². The fourth-order valence-corrected chi connectivity index (χ4v) is 3.97. The first kappa shape index (κ1) is 20.2. The average molecular weight is 423 g/mol. The van der Waals surface area contributed by atoms with Crippen LogP contribution in [0.1, 0.15) is 29.9 Å². The van der Waals surface area contributed by atoms with Crippen molar-refractivity contribution in [2.24, 2.45) is 0 Å². The largest absolute Gasteiger partial charge is 0.344 e. The Balaban J connectivity index is 1.32. The standard InChI is InChI=1S/C23H23ClN4O2/c24-20-8-6-17(7-9-20)18-10-14-27(15-11-18)23(30)22(29)25-16-19-4-1-2-5-21(19)28-13-3-12-26-28/h1-9,12-13,18H,10-11,14-16H2,(H,25,29). The molecule has 0 aliphatic carbocycles. The van der Waals surface area contributed by atoms with Crippen LogP contribution in [0.15, 0.2) is 67.0 Å². The molecule has 2 heterocycles. The summed E-state index contributed by atoms with van der Waals surface area (Å²) in [5.74, 6) is -0.660. The van der Waals surface area contributed by atoms with E-state index in [4.69, 9.17) is 11.6 Å². The third kappa shape index (κ3) is 4.54. The summed E-state index contributed by atoms with van der Waals surface area (Å²) in [4.78, 5) is 26.7. The van der Waals surface area contributed by atoms with E-state index in [9.17, 15) is 9.59 Å². The SMILES string of the molecule is O=C(NCc1ccccc1-n1cccn1)C(=O)N1CCC(c2ccc(Cl)cc2)CC1. The highest BCUT2D eigenvalue weighted by Gasteiger charge is 2.27. The molecule has 0 bridgehead atoms. The van der Waals surface area contributed by atoms with Crippen molar-refractivity contribution in [1.29, 1.82) is 0 Å². The Bertz CT molecular complexity index is 1010. The van der Waals surface area contributed by atoms with Gasteiger partial charge in [-0.05, 0) is 54.2 Å². The molecule has 1 aliphatic heterocycles. The number of para-hydroxylation sites is 1. The minimum Gasteiger partial charge on any atom is -0.344 e. The molecule has 0 spiro atoms. The number of amides is 2. The van der Waals surface area contributed by atoms with Gasteiger partial charge in [0, 0.05) is 37.1 Å². The van der Waals surface area contributed by atoms with Crippen molar-refractivity contribution in [3.8, 4) is 5.69 Å². The molecule has 7 heteroatoms. The normalized spacial score (nSPS) is 14.5. The number of aromatic nitrogens is 2. The van der Waals surface area contributed by atoms with Gasteiger partial charge in [-0.2, -0.15) is 5.10 Å². The molecule has 2 amide bonds. The zero-order valence-electron chi connectivity index (χ0n) is 16.5. The van der Waals surface area contributed by atoms with Crippen molar-refractivity contribution in [3.63, 3.8) is 0 Å². The van der Waals surface area contributed by atoms with E-state index in [1.807, 2.05) is 60.8 Å². The molecule has 1 aliphatic rings. The maximum Gasteiger partial charge on any atom is 0.311 e. The van der Waals surface area contributed by atoms with Crippen molar-refractivity contribution in [2.75, 3.05) is 13.1 Å². The van der Waals surface area contributed by atoms with Crippen LogP contribution in [0.2, 0.25) is 5.02 Å². The topological polar surface area (TPSA) is 67.2 Å². The maximum absolute atomic E-state index is 12.6. The molecule has 0 atom stereocenters. The van der Waals surface area contributed by atoms with Crippen LogP contribution in [0.5, 0.6) is 0 Å². The summed E-state index contributed by atoms with van der Waals surface area (Å²) in [7, 11) is 0. The lowest BCUT2D eigenvalue weighted by molar-refractivity contribution is -0.146. The lowest BCUT2D eigenvalue weighted by atomic mass is 9.89. The first-order valence-electron chi connectivity index (χ1n) is 10.0. The van der Waals surface area contributed by atoms with Gasteiger partial charge in [-0.25, -0.2) is 4.68 Å². The molecule has 1 aromatic heterocycles. The van der Waals surface area contributed by atoms with Gasteiger partial charge in [-0.3, -0.25) is 9.59 Å². The van der Waals surface area contributed by atoms with Gasteiger partial charge in [-0.1, -0.05) is 41.9 Å². The van der Waals surface area contributed by atoms with Crippen LogP contribution < -0.4 is 5.32 Å².